The van der Waals surface area contributed by atoms with Gasteiger partial charge in [-0.3, -0.25) is 4.79 Å². The van der Waals surface area contributed by atoms with Crippen LogP contribution in [0.5, 0.6) is 0 Å². The molecule has 1 aromatic heterocycles. The number of benzene rings is 1. The zero-order valence-corrected chi connectivity index (χ0v) is 12.7. The number of hydrogen-bond acceptors (Lipinski definition) is 4. The highest BCUT2D eigenvalue weighted by Gasteiger charge is 2.22. The van der Waals surface area contributed by atoms with Crippen LogP contribution in [0.25, 0.3) is 0 Å². The first-order valence-electron chi connectivity index (χ1n) is 6.99. The highest BCUT2D eigenvalue weighted by molar-refractivity contribution is 7.12. The topological polar surface area (TPSA) is 41.6 Å². The molecule has 2 heterocycles. The van der Waals surface area contributed by atoms with Crippen molar-refractivity contribution in [2.45, 2.75) is 12.5 Å². The van der Waals surface area contributed by atoms with E-state index in [0.717, 1.165) is 30.1 Å². The third-order valence-electron chi connectivity index (χ3n) is 3.71. The normalized spacial score (nSPS) is 18.0. The lowest BCUT2D eigenvalue weighted by Gasteiger charge is -2.18. The Bertz CT molecular complexity index is 595. The number of amides is 1. The maximum Gasteiger partial charge on any atom is 0.265 e. The maximum atomic E-state index is 12.0. The van der Waals surface area contributed by atoms with Crippen LogP contribution in [0, 0.1) is 0 Å². The van der Waals surface area contributed by atoms with Gasteiger partial charge in [-0.05, 0) is 42.1 Å². The molecular formula is C16H18N2O2S. The quantitative estimate of drug-likeness (QED) is 0.943. The molecule has 1 atom stereocenters. The van der Waals surface area contributed by atoms with E-state index in [0.29, 0.717) is 6.10 Å². The predicted molar refractivity (Wildman–Crippen MR) is 86.3 cm³/mol. The van der Waals surface area contributed by atoms with Crippen LogP contribution in [0.1, 0.15) is 16.1 Å². The van der Waals surface area contributed by atoms with Crippen molar-refractivity contribution in [2.24, 2.45) is 0 Å². The molecule has 4 nitrogen and oxygen atoms in total. The summed E-state index contributed by atoms with van der Waals surface area (Å²) in [5, 5.41) is 4.81. The standard InChI is InChI=1S/C16H18N2O2S/c1-20-14-8-9-18(11-14)13-6-4-12(5-7-13)17-16(19)15-3-2-10-21-15/h2-7,10,14H,8-9,11H2,1H3,(H,17,19)/t14-/m1/s1. The van der Waals surface area contributed by atoms with Crippen molar-refractivity contribution in [3.63, 3.8) is 0 Å². The Morgan fingerprint density at radius 3 is 2.76 bits per heavy atom. The summed E-state index contributed by atoms with van der Waals surface area (Å²) in [4.78, 5) is 15.0. The fraction of sp³-hybridized carbons (Fsp3) is 0.312. The second-order valence-corrected chi connectivity index (χ2v) is 6.02. The van der Waals surface area contributed by atoms with Crippen LogP contribution in [-0.4, -0.2) is 32.2 Å². The van der Waals surface area contributed by atoms with Crippen molar-refractivity contribution in [3.05, 3.63) is 46.7 Å². The summed E-state index contributed by atoms with van der Waals surface area (Å²) in [7, 11) is 1.76. The summed E-state index contributed by atoms with van der Waals surface area (Å²) < 4.78 is 5.38. The van der Waals surface area contributed by atoms with Crippen LogP contribution in [0.4, 0.5) is 11.4 Å². The molecule has 1 N–H and O–H groups in total. The van der Waals surface area contributed by atoms with Gasteiger partial charge in [0, 0.05) is 31.6 Å². The average molecular weight is 302 g/mol. The Morgan fingerprint density at radius 2 is 2.14 bits per heavy atom. The predicted octanol–water partition coefficient (Wildman–Crippen LogP) is 3.23. The number of anilines is 2. The number of ether oxygens (including phenoxy) is 1. The first-order valence-corrected chi connectivity index (χ1v) is 7.87. The van der Waals surface area contributed by atoms with Crippen LogP contribution in [0.2, 0.25) is 0 Å². The van der Waals surface area contributed by atoms with Gasteiger partial charge in [0.1, 0.15) is 0 Å². The number of rotatable bonds is 4. The summed E-state index contributed by atoms with van der Waals surface area (Å²) in [5.41, 5.74) is 1.99. The van der Waals surface area contributed by atoms with Crippen molar-refractivity contribution in [2.75, 3.05) is 30.4 Å². The molecule has 0 spiro atoms. The molecule has 1 fully saturated rings. The van der Waals surface area contributed by atoms with Gasteiger partial charge >= 0.3 is 0 Å². The number of hydrogen-bond donors (Lipinski definition) is 1. The van der Waals surface area contributed by atoms with E-state index in [2.05, 4.69) is 10.2 Å². The van der Waals surface area contributed by atoms with E-state index in [4.69, 9.17) is 4.74 Å². The SMILES string of the molecule is CO[C@@H]1CCN(c2ccc(NC(=O)c3cccs3)cc2)C1. The highest BCUT2D eigenvalue weighted by atomic mass is 32.1. The number of nitrogens with one attached hydrogen (secondary N) is 1. The van der Waals surface area contributed by atoms with Gasteiger partial charge in [0.05, 0.1) is 11.0 Å². The fourth-order valence-corrected chi connectivity index (χ4v) is 3.13. The minimum absolute atomic E-state index is 0.0571. The van der Waals surface area contributed by atoms with Crippen molar-refractivity contribution in [1.82, 2.24) is 0 Å². The molecule has 0 aliphatic carbocycles. The molecule has 1 aliphatic rings. The van der Waals surface area contributed by atoms with Crippen LogP contribution < -0.4 is 10.2 Å². The Hall–Kier alpha value is -1.85. The number of nitrogens with zero attached hydrogens (tertiary/aromatic N) is 1. The van der Waals surface area contributed by atoms with Gasteiger partial charge in [0.15, 0.2) is 0 Å². The number of methoxy groups -OCH3 is 1. The highest BCUT2D eigenvalue weighted by Crippen LogP contribution is 2.23. The fourth-order valence-electron chi connectivity index (χ4n) is 2.51. The van der Waals surface area contributed by atoms with Gasteiger partial charge in [0.2, 0.25) is 0 Å². The van der Waals surface area contributed by atoms with Crippen LogP contribution in [0.15, 0.2) is 41.8 Å². The lowest BCUT2D eigenvalue weighted by molar-refractivity contribution is 0.103. The summed E-state index contributed by atoms with van der Waals surface area (Å²) in [5.74, 6) is -0.0571. The Kier molecular flexibility index (Phi) is 4.22. The molecule has 21 heavy (non-hydrogen) atoms. The molecular weight excluding hydrogens is 284 g/mol. The van der Waals surface area contributed by atoms with E-state index in [1.807, 2.05) is 41.8 Å². The Balaban J connectivity index is 1.63. The molecule has 0 radical (unpaired) electrons. The molecule has 0 bridgehead atoms. The zero-order valence-electron chi connectivity index (χ0n) is 11.9. The molecule has 0 unspecified atom stereocenters. The summed E-state index contributed by atoms with van der Waals surface area (Å²) in [6, 6.07) is 11.7. The molecule has 110 valence electrons. The number of thiophene rings is 1. The van der Waals surface area contributed by atoms with Gasteiger partial charge in [-0.1, -0.05) is 6.07 Å². The summed E-state index contributed by atoms with van der Waals surface area (Å²) >= 11 is 1.44. The van der Waals surface area contributed by atoms with Crippen molar-refractivity contribution in [3.8, 4) is 0 Å². The molecule has 2 aromatic rings. The second-order valence-electron chi connectivity index (χ2n) is 5.07. The van der Waals surface area contributed by atoms with Gasteiger partial charge in [-0.2, -0.15) is 0 Å². The lowest BCUT2D eigenvalue weighted by Crippen LogP contribution is -2.22. The molecule has 0 saturated carbocycles. The van der Waals surface area contributed by atoms with E-state index in [1.54, 1.807) is 7.11 Å². The number of carbonyl (C=O) groups is 1. The van der Waals surface area contributed by atoms with Crippen molar-refractivity contribution in [1.29, 1.82) is 0 Å². The maximum absolute atomic E-state index is 12.0. The molecule has 1 saturated heterocycles. The molecule has 3 rings (SSSR count). The summed E-state index contributed by atoms with van der Waals surface area (Å²) in [6.45, 7) is 1.94. The van der Waals surface area contributed by atoms with E-state index in [1.165, 1.54) is 17.0 Å². The van der Waals surface area contributed by atoms with E-state index >= 15 is 0 Å². The largest absolute Gasteiger partial charge is 0.380 e. The van der Waals surface area contributed by atoms with Gasteiger partial charge in [-0.25, -0.2) is 0 Å². The minimum Gasteiger partial charge on any atom is -0.380 e. The molecule has 1 amide bonds. The third kappa shape index (κ3) is 3.25. The molecule has 1 aromatic carbocycles. The van der Waals surface area contributed by atoms with Gasteiger partial charge in [-0.15, -0.1) is 11.3 Å². The van der Waals surface area contributed by atoms with Crippen LogP contribution in [0.3, 0.4) is 0 Å². The van der Waals surface area contributed by atoms with E-state index in [9.17, 15) is 4.79 Å². The van der Waals surface area contributed by atoms with Crippen molar-refractivity contribution >= 4 is 28.6 Å². The lowest BCUT2D eigenvalue weighted by atomic mass is 10.2. The smallest absolute Gasteiger partial charge is 0.265 e. The third-order valence-corrected chi connectivity index (χ3v) is 4.58. The Labute approximate surface area is 128 Å². The van der Waals surface area contributed by atoms with E-state index in [-0.39, 0.29) is 5.91 Å². The van der Waals surface area contributed by atoms with Crippen molar-refractivity contribution < 1.29 is 9.53 Å². The molecule has 5 heteroatoms. The van der Waals surface area contributed by atoms with Gasteiger partial charge in [0.25, 0.3) is 5.91 Å². The second kappa shape index (κ2) is 6.28. The van der Waals surface area contributed by atoms with Crippen LogP contribution in [-0.2, 0) is 4.74 Å². The van der Waals surface area contributed by atoms with E-state index < -0.39 is 0 Å². The van der Waals surface area contributed by atoms with Gasteiger partial charge < -0.3 is 15.0 Å². The number of carbonyl (C=O) groups excluding carboxylic acids is 1. The zero-order chi connectivity index (χ0) is 14.7. The molecule has 1 aliphatic heterocycles. The van der Waals surface area contributed by atoms with Crippen LogP contribution >= 0.6 is 11.3 Å². The first-order chi connectivity index (χ1) is 10.3. The monoisotopic (exact) mass is 302 g/mol. The first kappa shape index (κ1) is 14.1. The Morgan fingerprint density at radius 1 is 1.33 bits per heavy atom. The minimum atomic E-state index is -0.0571. The summed E-state index contributed by atoms with van der Waals surface area (Å²) in [6.07, 6.45) is 1.39. The average Bonchev–Trinajstić information content (AvgIpc) is 3.19.